The number of ketones is 1. The number of Topliss-reactive ketones (excluding diaryl/α,β-unsaturated/α-hetero) is 1. The summed E-state index contributed by atoms with van der Waals surface area (Å²) in [7, 11) is 0. The summed E-state index contributed by atoms with van der Waals surface area (Å²) in [5.41, 5.74) is -0.240. The minimum Gasteiger partial charge on any atom is -0.396 e. The highest BCUT2D eigenvalue weighted by Crippen LogP contribution is 2.41. The van der Waals surface area contributed by atoms with E-state index in [0.717, 1.165) is 6.29 Å². The normalized spacial score (nSPS) is 33.0. The van der Waals surface area contributed by atoms with E-state index in [2.05, 4.69) is 0 Å². The maximum Gasteiger partial charge on any atom is 0.134 e. The van der Waals surface area contributed by atoms with Crippen molar-refractivity contribution in [1.29, 1.82) is 0 Å². The molecular weight excluding hydrogens is 168 g/mol. The molecule has 1 unspecified atom stereocenters. The molecule has 3 heteroatoms. The summed E-state index contributed by atoms with van der Waals surface area (Å²) in [6, 6.07) is 0. The monoisotopic (exact) mass is 184 g/mol. The van der Waals surface area contributed by atoms with Gasteiger partial charge in [-0.2, -0.15) is 0 Å². The van der Waals surface area contributed by atoms with E-state index in [9.17, 15) is 9.59 Å². The summed E-state index contributed by atoms with van der Waals surface area (Å²) < 4.78 is 0. The number of carbonyl (C=O) groups excluding carboxylic acids is 2. The summed E-state index contributed by atoms with van der Waals surface area (Å²) in [5.74, 6) is -0.226. The highest BCUT2D eigenvalue weighted by atomic mass is 16.3. The maximum atomic E-state index is 11.3. The Hall–Kier alpha value is -0.700. The second-order valence-corrected chi connectivity index (χ2v) is 4.50. The van der Waals surface area contributed by atoms with Gasteiger partial charge >= 0.3 is 0 Å². The first-order chi connectivity index (χ1) is 6.01. The number of hydrogen-bond acceptors (Lipinski definition) is 3. The molecule has 0 spiro atoms. The Morgan fingerprint density at radius 2 is 2.23 bits per heavy atom. The topological polar surface area (TPSA) is 54.4 Å². The molecule has 1 aliphatic rings. The van der Waals surface area contributed by atoms with Crippen molar-refractivity contribution in [2.24, 2.45) is 17.3 Å². The van der Waals surface area contributed by atoms with E-state index in [1.54, 1.807) is 0 Å². The van der Waals surface area contributed by atoms with E-state index >= 15 is 0 Å². The largest absolute Gasteiger partial charge is 0.396 e. The summed E-state index contributed by atoms with van der Waals surface area (Å²) >= 11 is 0. The van der Waals surface area contributed by atoms with Crippen LogP contribution >= 0.6 is 0 Å². The molecule has 0 aromatic carbocycles. The molecule has 74 valence electrons. The van der Waals surface area contributed by atoms with Gasteiger partial charge in [-0.15, -0.1) is 0 Å². The van der Waals surface area contributed by atoms with Gasteiger partial charge in [0.25, 0.3) is 0 Å². The van der Waals surface area contributed by atoms with Gasteiger partial charge in [0.05, 0.1) is 0 Å². The van der Waals surface area contributed by atoms with E-state index in [4.69, 9.17) is 5.11 Å². The van der Waals surface area contributed by atoms with Crippen LogP contribution in [0.25, 0.3) is 0 Å². The van der Waals surface area contributed by atoms with Crippen molar-refractivity contribution < 1.29 is 14.7 Å². The second-order valence-electron chi connectivity index (χ2n) is 4.50. The summed E-state index contributed by atoms with van der Waals surface area (Å²) in [4.78, 5) is 22.0. The van der Waals surface area contributed by atoms with Crippen LogP contribution in [0.15, 0.2) is 0 Å². The van der Waals surface area contributed by atoms with E-state index < -0.39 is 0 Å². The molecule has 1 fully saturated rings. The lowest BCUT2D eigenvalue weighted by Crippen LogP contribution is -2.41. The number of carbonyl (C=O) groups is 2. The number of aliphatic hydroxyl groups is 1. The van der Waals surface area contributed by atoms with Crippen molar-refractivity contribution in [1.82, 2.24) is 0 Å². The molecule has 0 heterocycles. The third kappa shape index (κ3) is 1.97. The molecule has 0 aromatic heterocycles. The Balaban J connectivity index is 2.86. The van der Waals surface area contributed by atoms with Gasteiger partial charge in [0.2, 0.25) is 0 Å². The zero-order valence-corrected chi connectivity index (χ0v) is 8.12. The third-order valence-corrected chi connectivity index (χ3v) is 3.01. The van der Waals surface area contributed by atoms with Crippen LogP contribution in [-0.2, 0) is 9.59 Å². The van der Waals surface area contributed by atoms with E-state index in [1.807, 2.05) is 13.8 Å². The average molecular weight is 184 g/mol. The van der Waals surface area contributed by atoms with Gasteiger partial charge < -0.3 is 9.90 Å². The van der Waals surface area contributed by atoms with E-state index in [0.29, 0.717) is 12.8 Å². The van der Waals surface area contributed by atoms with Crippen molar-refractivity contribution in [2.45, 2.75) is 26.7 Å². The summed E-state index contributed by atoms with van der Waals surface area (Å²) in [6.07, 6.45) is 1.58. The molecule has 0 amide bonds. The van der Waals surface area contributed by atoms with Gasteiger partial charge in [-0.1, -0.05) is 13.8 Å². The second kappa shape index (κ2) is 3.58. The van der Waals surface area contributed by atoms with Crippen molar-refractivity contribution in [3.63, 3.8) is 0 Å². The Morgan fingerprint density at radius 3 is 2.69 bits per heavy atom. The number of aliphatic hydroxyl groups excluding tert-OH is 1. The molecule has 0 radical (unpaired) electrons. The third-order valence-electron chi connectivity index (χ3n) is 3.01. The number of hydrogen-bond donors (Lipinski definition) is 1. The van der Waals surface area contributed by atoms with Crippen molar-refractivity contribution in [3.05, 3.63) is 0 Å². The molecule has 0 bridgehead atoms. The summed E-state index contributed by atoms with van der Waals surface area (Å²) in [6.45, 7) is 3.85. The average Bonchev–Trinajstić information content (AvgIpc) is 2.01. The zero-order valence-electron chi connectivity index (χ0n) is 8.12. The Morgan fingerprint density at radius 1 is 1.62 bits per heavy atom. The zero-order chi connectivity index (χ0) is 10.1. The predicted octanol–water partition coefficient (Wildman–Crippen LogP) is 0.799. The van der Waals surface area contributed by atoms with E-state index in [1.165, 1.54) is 0 Å². The lowest BCUT2D eigenvalue weighted by atomic mass is 9.64. The van der Waals surface area contributed by atoms with Gasteiger partial charge in [0, 0.05) is 25.4 Å². The highest BCUT2D eigenvalue weighted by molar-refractivity contribution is 5.83. The van der Waals surface area contributed by atoms with Gasteiger partial charge in [0.15, 0.2) is 0 Å². The van der Waals surface area contributed by atoms with Crippen LogP contribution in [0.3, 0.4) is 0 Å². The van der Waals surface area contributed by atoms with Crippen molar-refractivity contribution in [3.8, 4) is 0 Å². The molecule has 1 N–H and O–H groups in total. The van der Waals surface area contributed by atoms with Gasteiger partial charge in [-0.3, -0.25) is 4.79 Å². The molecule has 1 aliphatic carbocycles. The van der Waals surface area contributed by atoms with Crippen LogP contribution in [0, 0.1) is 17.3 Å². The molecular formula is C10H16O3. The first-order valence-electron chi connectivity index (χ1n) is 4.59. The molecule has 0 aromatic rings. The van der Waals surface area contributed by atoms with Crippen LogP contribution in [0.5, 0.6) is 0 Å². The quantitative estimate of drug-likeness (QED) is 0.646. The molecule has 0 aliphatic heterocycles. The minimum absolute atomic E-state index is 0.0102. The SMILES string of the molecule is CC1(C)CC(=O)CC(C=O)[C@H]1CO. The summed E-state index contributed by atoms with van der Waals surface area (Å²) in [5, 5.41) is 9.14. The molecule has 13 heavy (non-hydrogen) atoms. The van der Waals surface area contributed by atoms with Crippen LogP contribution in [0.4, 0.5) is 0 Å². The lowest BCUT2D eigenvalue weighted by molar-refractivity contribution is -0.133. The smallest absolute Gasteiger partial charge is 0.134 e. The number of rotatable bonds is 2. The Labute approximate surface area is 78.1 Å². The molecule has 3 nitrogen and oxygen atoms in total. The van der Waals surface area contributed by atoms with Crippen LogP contribution in [-0.4, -0.2) is 23.8 Å². The fourth-order valence-corrected chi connectivity index (χ4v) is 2.22. The van der Waals surface area contributed by atoms with E-state index in [-0.39, 0.29) is 29.6 Å². The first-order valence-corrected chi connectivity index (χ1v) is 4.59. The molecule has 1 rings (SSSR count). The molecule has 2 atom stereocenters. The van der Waals surface area contributed by atoms with Crippen LogP contribution in [0.2, 0.25) is 0 Å². The van der Waals surface area contributed by atoms with Gasteiger partial charge in [0.1, 0.15) is 12.1 Å². The first kappa shape index (κ1) is 10.4. The lowest BCUT2D eigenvalue weighted by Gasteiger charge is -2.40. The fraction of sp³-hybridized carbons (Fsp3) is 0.800. The Kier molecular flexibility index (Phi) is 2.86. The standard InChI is InChI=1S/C10H16O3/c1-10(2)4-8(13)3-7(5-11)9(10)6-12/h5,7,9,12H,3-4,6H2,1-2H3/t7?,9-/m1/s1. The molecule has 1 saturated carbocycles. The highest BCUT2D eigenvalue weighted by Gasteiger charge is 2.41. The van der Waals surface area contributed by atoms with Gasteiger partial charge in [-0.25, -0.2) is 0 Å². The molecule has 0 saturated heterocycles. The van der Waals surface area contributed by atoms with Crippen molar-refractivity contribution in [2.75, 3.05) is 6.61 Å². The van der Waals surface area contributed by atoms with Gasteiger partial charge in [-0.05, 0) is 11.3 Å². The predicted molar refractivity (Wildman–Crippen MR) is 48.2 cm³/mol. The Bertz CT molecular complexity index is 220. The number of aldehydes is 1. The maximum absolute atomic E-state index is 11.3. The van der Waals surface area contributed by atoms with Crippen LogP contribution < -0.4 is 0 Å². The van der Waals surface area contributed by atoms with Crippen LogP contribution in [0.1, 0.15) is 26.7 Å². The fourth-order valence-electron chi connectivity index (χ4n) is 2.22. The minimum atomic E-state index is -0.291. The van der Waals surface area contributed by atoms with Crippen molar-refractivity contribution >= 4 is 12.1 Å².